The number of carboxylic acids is 1. The molecule has 0 aliphatic heterocycles. The molecule has 0 aliphatic rings. The molecule has 0 bridgehead atoms. The quantitative estimate of drug-likeness (QED) is 0.649. The van der Waals surface area contributed by atoms with Crippen molar-refractivity contribution in [3.63, 3.8) is 0 Å². The summed E-state index contributed by atoms with van der Waals surface area (Å²) in [6, 6.07) is 0. The van der Waals surface area contributed by atoms with Gasteiger partial charge in [-0.3, -0.25) is 4.79 Å². The molecule has 3 heteroatoms. The number of alkyl halides is 1. The van der Waals surface area contributed by atoms with Crippen LogP contribution in [0.5, 0.6) is 0 Å². The first kappa shape index (κ1) is 12.8. The first-order valence-corrected chi connectivity index (χ1v) is 5.45. The molecule has 0 aromatic carbocycles. The molecule has 0 rings (SSSR count). The number of rotatable bonds is 7. The summed E-state index contributed by atoms with van der Waals surface area (Å²) < 4.78 is 0. The lowest BCUT2D eigenvalue weighted by molar-refractivity contribution is -0.150. The Morgan fingerprint density at radius 3 is 2.31 bits per heavy atom. The average molecular weight is 207 g/mol. The van der Waals surface area contributed by atoms with Crippen molar-refractivity contribution in [2.24, 2.45) is 5.41 Å². The maximum atomic E-state index is 11.1. The van der Waals surface area contributed by atoms with E-state index in [4.69, 9.17) is 16.7 Å². The van der Waals surface area contributed by atoms with Crippen molar-refractivity contribution in [2.75, 3.05) is 5.88 Å². The van der Waals surface area contributed by atoms with Crippen LogP contribution in [0.15, 0.2) is 0 Å². The highest BCUT2D eigenvalue weighted by Crippen LogP contribution is 2.33. The Bertz CT molecular complexity index is 159. The van der Waals surface area contributed by atoms with Gasteiger partial charge < -0.3 is 5.11 Å². The topological polar surface area (TPSA) is 37.3 Å². The largest absolute Gasteiger partial charge is 0.481 e. The highest BCUT2D eigenvalue weighted by molar-refractivity contribution is 6.18. The minimum Gasteiger partial charge on any atom is -0.481 e. The van der Waals surface area contributed by atoms with Crippen LogP contribution in [0.2, 0.25) is 0 Å². The molecule has 78 valence electrons. The number of aliphatic carboxylic acids is 1. The summed E-state index contributed by atoms with van der Waals surface area (Å²) in [6.45, 7) is 4.00. The second kappa shape index (κ2) is 6.25. The van der Waals surface area contributed by atoms with Crippen LogP contribution >= 0.6 is 11.6 Å². The smallest absolute Gasteiger partial charge is 0.309 e. The molecule has 1 atom stereocenters. The number of carboxylic acid groups (broad SMARTS) is 1. The summed E-state index contributed by atoms with van der Waals surface area (Å²) in [6.07, 6.45) is 4.02. The van der Waals surface area contributed by atoms with Gasteiger partial charge in [0.05, 0.1) is 5.41 Å². The van der Waals surface area contributed by atoms with E-state index in [-0.39, 0.29) is 0 Å². The van der Waals surface area contributed by atoms with E-state index in [2.05, 4.69) is 6.92 Å². The predicted octanol–water partition coefficient (Wildman–Crippen LogP) is 3.29. The van der Waals surface area contributed by atoms with Crippen LogP contribution in [0.3, 0.4) is 0 Å². The van der Waals surface area contributed by atoms with Crippen LogP contribution in [0.25, 0.3) is 0 Å². The summed E-state index contributed by atoms with van der Waals surface area (Å²) in [5, 5.41) is 9.12. The lowest BCUT2D eigenvalue weighted by atomic mass is 9.78. The van der Waals surface area contributed by atoms with Gasteiger partial charge in [-0.25, -0.2) is 0 Å². The van der Waals surface area contributed by atoms with E-state index in [0.717, 1.165) is 19.3 Å². The van der Waals surface area contributed by atoms with Gasteiger partial charge in [0.1, 0.15) is 0 Å². The maximum absolute atomic E-state index is 11.1. The summed E-state index contributed by atoms with van der Waals surface area (Å²) in [5.41, 5.74) is -0.572. The fourth-order valence-corrected chi connectivity index (χ4v) is 1.90. The molecule has 0 aromatic rings. The molecule has 0 fully saturated rings. The highest BCUT2D eigenvalue weighted by Gasteiger charge is 2.34. The van der Waals surface area contributed by atoms with Crippen molar-refractivity contribution in [2.45, 2.75) is 46.0 Å². The molecule has 0 saturated heterocycles. The molecule has 0 spiro atoms. The summed E-state index contributed by atoms with van der Waals surface area (Å²) in [7, 11) is 0. The zero-order valence-corrected chi connectivity index (χ0v) is 9.23. The predicted molar refractivity (Wildman–Crippen MR) is 55.2 cm³/mol. The average Bonchev–Trinajstić information content (AvgIpc) is 2.12. The molecule has 1 unspecified atom stereocenters. The van der Waals surface area contributed by atoms with Gasteiger partial charge in [-0.15, -0.1) is 11.6 Å². The van der Waals surface area contributed by atoms with Gasteiger partial charge in [0.25, 0.3) is 0 Å². The number of halogens is 1. The molecule has 0 aliphatic carbocycles. The van der Waals surface area contributed by atoms with Crippen LogP contribution in [0, 0.1) is 5.41 Å². The fraction of sp³-hybridized carbons (Fsp3) is 0.900. The standard InChI is InChI=1S/C10H19ClO2/c1-3-5-6-10(4-2,7-8-11)9(12)13/h3-8H2,1-2H3,(H,12,13). The Hall–Kier alpha value is -0.240. The number of unbranched alkanes of at least 4 members (excludes halogenated alkanes) is 1. The third kappa shape index (κ3) is 3.55. The van der Waals surface area contributed by atoms with Crippen molar-refractivity contribution in [3.05, 3.63) is 0 Å². The molecule has 0 heterocycles. The Balaban J connectivity index is 4.35. The normalized spacial score (nSPS) is 15.3. The summed E-state index contributed by atoms with van der Waals surface area (Å²) in [4.78, 5) is 11.1. The van der Waals surface area contributed by atoms with Gasteiger partial charge in [-0.05, 0) is 19.3 Å². The van der Waals surface area contributed by atoms with Gasteiger partial charge in [0.2, 0.25) is 0 Å². The third-order valence-corrected chi connectivity index (χ3v) is 2.90. The second-order valence-electron chi connectivity index (χ2n) is 3.48. The Labute approximate surface area is 85.3 Å². The molecule has 0 radical (unpaired) electrons. The Morgan fingerprint density at radius 2 is 2.00 bits per heavy atom. The number of carbonyl (C=O) groups is 1. The first-order valence-electron chi connectivity index (χ1n) is 4.92. The van der Waals surface area contributed by atoms with Gasteiger partial charge in [0, 0.05) is 5.88 Å². The van der Waals surface area contributed by atoms with Gasteiger partial charge in [-0.1, -0.05) is 26.7 Å². The van der Waals surface area contributed by atoms with Crippen molar-refractivity contribution < 1.29 is 9.90 Å². The first-order chi connectivity index (χ1) is 6.13. The van der Waals surface area contributed by atoms with E-state index in [1.54, 1.807) is 0 Å². The molecular weight excluding hydrogens is 188 g/mol. The number of hydrogen-bond acceptors (Lipinski definition) is 1. The molecule has 13 heavy (non-hydrogen) atoms. The fourth-order valence-electron chi connectivity index (χ4n) is 1.54. The third-order valence-electron chi connectivity index (χ3n) is 2.71. The Kier molecular flexibility index (Phi) is 6.13. The van der Waals surface area contributed by atoms with Crippen molar-refractivity contribution in [3.8, 4) is 0 Å². The summed E-state index contributed by atoms with van der Waals surface area (Å²) >= 11 is 5.62. The van der Waals surface area contributed by atoms with Gasteiger partial charge in [-0.2, -0.15) is 0 Å². The van der Waals surface area contributed by atoms with Crippen LogP contribution in [-0.2, 0) is 4.79 Å². The lowest BCUT2D eigenvalue weighted by Gasteiger charge is -2.27. The van der Waals surface area contributed by atoms with E-state index >= 15 is 0 Å². The van der Waals surface area contributed by atoms with Gasteiger partial charge in [0.15, 0.2) is 0 Å². The van der Waals surface area contributed by atoms with E-state index in [1.165, 1.54) is 0 Å². The van der Waals surface area contributed by atoms with Crippen LogP contribution in [-0.4, -0.2) is 17.0 Å². The number of hydrogen-bond donors (Lipinski definition) is 1. The molecule has 0 amide bonds. The van der Waals surface area contributed by atoms with E-state index < -0.39 is 11.4 Å². The Morgan fingerprint density at radius 1 is 1.38 bits per heavy atom. The maximum Gasteiger partial charge on any atom is 0.309 e. The minimum atomic E-state index is -0.691. The van der Waals surface area contributed by atoms with Crippen molar-refractivity contribution >= 4 is 17.6 Å². The van der Waals surface area contributed by atoms with Crippen molar-refractivity contribution in [1.29, 1.82) is 0 Å². The van der Waals surface area contributed by atoms with E-state index in [1.807, 2.05) is 6.92 Å². The van der Waals surface area contributed by atoms with Crippen LogP contribution in [0.4, 0.5) is 0 Å². The zero-order valence-electron chi connectivity index (χ0n) is 8.48. The van der Waals surface area contributed by atoms with E-state index in [0.29, 0.717) is 18.7 Å². The molecule has 0 saturated carbocycles. The molecular formula is C10H19ClO2. The second-order valence-corrected chi connectivity index (χ2v) is 3.86. The van der Waals surface area contributed by atoms with Crippen LogP contribution < -0.4 is 0 Å². The van der Waals surface area contributed by atoms with Gasteiger partial charge >= 0.3 is 5.97 Å². The monoisotopic (exact) mass is 206 g/mol. The SMILES string of the molecule is CCCCC(CC)(CCCl)C(=O)O. The van der Waals surface area contributed by atoms with Crippen LogP contribution in [0.1, 0.15) is 46.0 Å². The lowest BCUT2D eigenvalue weighted by Crippen LogP contribution is -2.30. The molecule has 1 N–H and O–H groups in total. The van der Waals surface area contributed by atoms with Crippen molar-refractivity contribution in [1.82, 2.24) is 0 Å². The highest BCUT2D eigenvalue weighted by atomic mass is 35.5. The summed E-state index contributed by atoms with van der Waals surface area (Å²) in [5.74, 6) is -0.256. The van der Waals surface area contributed by atoms with E-state index in [9.17, 15) is 4.79 Å². The molecule has 2 nitrogen and oxygen atoms in total. The zero-order chi connectivity index (χ0) is 10.3. The minimum absolute atomic E-state index is 0.434. The molecule has 0 aromatic heterocycles.